The number of hydrogen-bond donors (Lipinski definition) is 2. The molecule has 0 spiro atoms. The first-order valence-electron chi connectivity index (χ1n) is 6.36. The number of benzene rings is 1. The number of ether oxygens (including phenoxy) is 1. The topological polar surface area (TPSA) is 99.2 Å². The Morgan fingerprint density at radius 3 is 2.38 bits per heavy atom. The second-order valence-corrected chi connectivity index (χ2v) is 6.50. The van der Waals surface area contributed by atoms with E-state index in [2.05, 4.69) is 9.82 Å². The molecule has 21 heavy (non-hydrogen) atoms. The minimum Gasteiger partial charge on any atom is -0.491 e. The van der Waals surface area contributed by atoms with Gasteiger partial charge in [-0.2, -0.15) is 5.10 Å². The number of nitrogens with zero attached hydrogens (tertiary/aromatic N) is 2. The lowest BCUT2D eigenvalue weighted by Crippen LogP contribution is -2.14. The number of aromatic nitrogens is 2. The maximum atomic E-state index is 12.2. The molecule has 0 amide bonds. The first kappa shape index (κ1) is 15.2. The van der Waals surface area contributed by atoms with E-state index >= 15 is 0 Å². The van der Waals surface area contributed by atoms with E-state index in [4.69, 9.17) is 10.5 Å². The molecule has 0 radical (unpaired) electrons. The van der Waals surface area contributed by atoms with Gasteiger partial charge in [0.1, 0.15) is 10.6 Å². The number of anilines is 2. The van der Waals surface area contributed by atoms with Crippen molar-refractivity contribution < 1.29 is 13.2 Å². The van der Waals surface area contributed by atoms with Crippen molar-refractivity contribution in [2.45, 2.75) is 24.8 Å². The van der Waals surface area contributed by atoms with Crippen LogP contribution in [0, 0.1) is 0 Å². The van der Waals surface area contributed by atoms with Crippen LogP contribution in [0.2, 0.25) is 0 Å². The molecule has 1 aromatic heterocycles. The molecule has 0 atom stereocenters. The maximum Gasteiger partial charge on any atom is 0.267 e. The molecule has 0 aliphatic rings. The van der Waals surface area contributed by atoms with Gasteiger partial charge in [-0.05, 0) is 38.1 Å². The number of hydrogen-bond acceptors (Lipinski definition) is 5. The fraction of sp³-hybridized carbons (Fsp3) is 0.308. The zero-order valence-electron chi connectivity index (χ0n) is 12.1. The van der Waals surface area contributed by atoms with Gasteiger partial charge in [0.15, 0.2) is 5.82 Å². The van der Waals surface area contributed by atoms with Gasteiger partial charge in [0.2, 0.25) is 0 Å². The van der Waals surface area contributed by atoms with Crippen LogP contribution < -0.4 is 15.2 Å². The largest absolute Gasteiger partial charge is 0.491 e. The van der Waals surface area contributed by atoms with Crippen molar-refractivity contribution >= 4 is 21.5 Å². The normalized spacial score (nSPS) is 11.6. The first-order valence-corrected chi connectivity index (χ1v) is 7.85. The maximum absolute atomic E-state index is 12.2. The number of sulfonamides is 1. The molecular weight excluding hydrogens is 292 g/mol. The van der Waals surface area contributed by atoms with Gasteiger partial charge < -0.3 is 10.5 Å². The van der Waals surface area contributed by atoms with E-state index in [9.17, 15) is 8.42 Å². The average molecular weight is 310 g/mol. The summed E-state index contributed by atoms with van der Waals surface area (Å²) in [6, 6.07) is 6.65. The summed E-state index contributed by atoms with van der Waals surface area (Å²) in [5.41, 5.74) is 6.01. The van der Waals surface area contributed by atoms with E-state index in [1.54, 1.807) is 31.3 Å². The predicted octanol–water partition coefficient (Wildman–Crippen LogP) is 1.59. The van der Waals surface area contributed by atoms with Crippen LogP contribution in [0.3, 0.4) is 0 Å². The molecule has 8 heteroatoms. The van der Waals surface area contributed by atoms with E-state index in [1.807, 2.05) is 13.8 Å². The standard InChI is InChI=1S/C13H18N4O3S/c1-9(2)20-11-6-4-10(5-7-11)16-21(18,19)12-8-17(3)15-13(12)14/h4-9,16H,1-3H3,(H2,14,15). The van der Waals surface area contributed by atoms with Crippen LogP contribution in [0.25, 0.3) is 0 Å². The van der Waals surface area contributed by atoms with Crippen molar-refractivity contribution in [2.75, 3.05) is 10.5 Å². The molecule has 114 valence electrons. The number of nitrogens with two attached hydrogens (primary N) is 1. The molecule has 7 nitrogen and oxygen atoms in total. The number of nitrogens with one attached hydrogen (secondary N) is 1. The van der Waals surface area contributed by atoms with Gasteiger partial charge in [0.25, 0.3) is 10.0 Å². The van der Waals surface area contributed by atoms with Crippen LogP contribution in [-0.4, -0.2) is 24.3 Å². The molecule has 0 aliphatic carbocycles. The SMILES string of the molecule is CC(C)Oc1ccc(NS(=O)(=O)c2cn(C)nc2N)cc1. The Bertz CT molecular complexity index is 720. The summed E-state index contributed by atoms with van der Waals surface area (Å²) in [5, 5.41) is 3.82. The van der Waals surface area contributed by atoms with Gasteiger partial charge >= 0.3 is 0 Å². The van der Waals surface area contributed by atoms with Gasteiger partial charge in [0.05, 0.1) is 6.10 Å². The van der Waals surface area contributed by atoms with Crippen molar-refractivity contribution in [2.24, 2.45) is 7.05 Å². The van der Waals surface area contributed by atoms with Crippen LogP contribution in [0.1, 0.15) is 13.8 Å². The van der Waals surface area contributed by atoms with E-state index in [-0.39, 0.29) is 16.8 Å². The van der Waals surface area contributed by atoms with Crippen LogP contribution in [0.5, 0.6) is 5.75 Å². The highest BCUT2D eigenvalue weighted by Crippen LogP contribution is 2.22. The molecule has 0 fully saturated rings. The Labute approximate surface area is 123 Å². The summed E-state index contributed by atoms with van der Waals surface area (Å²) in [7, 11) is -2.15. The van der Waals surface area contributed by atoms with Crippen LogP contribution in [0.4, 0.5) is 11.5 Å². The van der Waals surface area contributed by atoms with Gasteiger partial charge in [-0.1, -0.05) is 0 Å². The first-order chi connectivity index (χ1) is 9.78. The highest BCUT2D eigenvalue weighted by atomic mass is 32.2. The highest BCUT2D eigenvalue weighted by Gasteiger charge is 2.20. The third-order valence-electron chi connectivity index (χ3n) is 2.59. The Morgan fingerprint density at radius 2 is 1.90 bits per heavy atom. The molecule has 1 heterocycles. The summed E-state index contributed by atoms with van der Waals surface area (Å²) in [6.45, 7) is 3.84. The van der Waals surface area contributed by atoms with Crippen molar-refractivity contribution in [3.63, 3.8) is 0 Å². The molecule has 0 bridgehead atoms. The van der Waals surface area contributed by atoms with E-state index in [1.165, 1.54) is 10.9 Å². The van der Waals surface area contributed by atoms with Crippen molar-refractivity contribution in [1.29, 1.82) is 0 Å². The second kappa shape index (κ2) is 5.65. The van der Waals surface area contributed by atoms with Crippen molar-refractivity contribution in [1.82, 2.24) is 9.78 Å². The van der Waals surface area contributed by atoms with Gasteiger partial charge in [-0.15, -0.1) is 0 Å². The zero-order chi connectivity index (χ0) is 15.6. The molecular formula is C13H18N4O3S. The lowest BCUT2D eigenvalue weighted by Gasteiger charge is -2.11. The number of aryl methyl sites for hydroxylation is 1. The van der Waals surface area contributed by atoms with E-state index in [0.717, 1.165) is 0 Å². The summed E-state index contributed by atoms with van der Waals surface area (Å²) in [6.07, 6.45) is 1.41. The van der Waals surface area contributed by atoms with Crippen LogP contribution >= 0.6 is 0 Å². The third-order valence-corrected chi connectivity index (χ3v) is 3.99. The molecule has 0 unspecified atom stereocenters. The fourth-order valence-corrected chi connectivity index (χ4v) is 2.94. The summed E-state index contributed by atoms with van der Waals surface area (Å²) >= 11 is 0. The minimum atomic E-state index is -3.76. The fourth-order valence-electron chi connectivity index (χ4n) is 1.77. The average Bonchev–Trinajstić information content (AvgIpc) is 2.71. The van der Waals surface area contributed by atoms with Crippen LogP contribution in [-0.2, 0) is 17.1 Å². The van der Waals surface area contributed by atoms with Gasteiger partial charge in [-0.3, -0.25) is 9.40 Å². The Hall–Kier alpha value is -2.22. The molecule has 2 rings (SSSR count). The molecule has 0 aliphatic heterocycles. The van der Waals surface area contributed by atoms with Gasteiger partial charge in [0, 0.05) is 18.9 Å². The molecule has 2 aromatic rings. The van der Waals surface area contributed by atoms with Gasteiger partial charge in [-0.25, -0.2) is 8.42 Å². The number of rotatable bonds is 5. The Balaban J connectivity index is 2.19. The lowest BCUT2D eigenvalue weighted by molar-refractivity contribution is 0.242. The summed E-state index contributed by atoms with van der Waals surface area (Å²) in [4.78, 5) is -0.0486. The molecule has 1 aromatic carbocycles. The Morgan fingerprint density at radius 1 is 1.29 bits per heavy atom. The van der Waals surface area contributed by atoms with Crippen molar-refractivity contribution in [3.8, 4) is 5.75 Å². The second-order valence-electron chi connectivity index (χ2n) is 4.85. The predicted molar refractivity (Wildman–Crippen MR) is 80.6 cm³/mol. The Kier molecular flexibility index (Phi) is 4.08. The van der Waals surface area contributed by atoms with E-state index in [0.29, 0.717) is 11.4 Å². The van der Waals surface area contributed by atoms with Crippen molar-refractivity contribution in [3.05, 3.63) is 30.5 Å². The third kappa shape index (κ3) is 3.66. The number of nitrogen functional groups attached to an aromatic ring is 1. The molecule has 0 saturated carbocycles. The van der Waals surface area contributed by atoms with E-state index < -0.39 is 10.0 Å². The zero-order valence-corrected chi connectivity index (χ0v) is 12.9. The molecule has 3 N–H and O–H groups in total. The highest BCUT2D eigenvalue weighted by molar-refractivity contribution is 7.92. The molecule has 0 saturated heterocycles. The lowest BCUT2D eigenvalue weighted by atomic mass is 10.3. The smallest absolute Gasteiger partial charge is 0.267 e. The summed E-state index contributed by atoms with van der Waals surface area (Å²) in [5.74, 6) is 0.638. The minimum absolute atomic E-state index is 0.0373. The monoisotopic (exact) mass is 310 g/mol. The van der Waals surface area contributed by atoms with Crippen LogP contribution in [0.15, 0.2) is 35.4 Å². The quantitative estimate of drug-likeness (QED) is 0.873. The summed E-state index contributed by atoms with van der Waals surface area (Å²) < 4.78 is 33.7.